The summed E-state index contributed by atoms with van der Waals surface area (Å²) in [4.78, 5) is 28.0. The minimum Gasteiger partial charge on any atom is -0.486 e. The fourth-order valence-corrected chi connectivity index (χ4v) is 3.77. The fraction of sp³-hybridized carbons (Fsp3) is 0.167. The van der Waals surface area contributed by atoms with Gasteiger partial charge in [0.1, 0.15) is 23.9 Å². The Morgan fingerprint density at radius 1 is 0.795 bits per heavy atom. The van der Waals surface area contributed by atoms with Crippen LogP contribution in [0.15, 0.2) is 101 Å². The smallest absolute Gasteiger partial charge is 0.400 e. The average molecular weight is 528 g/mol. The number of primary amides is 1. The number of nitrogens with zero attached hydrogens (tertiary/aromatic N) is 1. The molecule has 3 aromatic carbocycles. The number of carbonyl (C=O) groups excluding carboxylic acids is 2. The van der Waals surface area contributed by atoms with Gasteiger partial charge in [-0.15, -0.1) is 0 Å². The number of rotatable bonds is 11. The Hall–Kier alpha value is -5.05. The maximum Gasteiger partial charge on any atom is 0.400 e. The van der Waals surface area contributed by atoms with E-state index in [0.717, 1.165) is 5.56 Å². The van der Waals surface area contributed by atoms with E-state index in [0.29, 0.717) is 22.8 Å². The predicted octanol–water partition coefficient (Wildman–Crippen LogP) is 4.53. The summed E-state index contributed by atoms with van der Waals surface area (Å²) in [5.74, 6) is 0.0830. The molecule has 1 heterocycles. The molecule has 0 fully saturated rings. The van der Waals surface area contributed by atoms with E-state index in [2.05, 4.69) is 31.1 Å². The van der Waals surface area contributed by atoms with Crippen LogP contribution in [0.1, 0.15) is 46.9 Å². The van der Waals surface area contributed by atoms with Crippen molar-refractivity contribution >= 4 is 17.7 Å². The van der Waals surface area contributed by atoms with Crippen molar-refractivity contribution in [1.29, 1.82) is 0 Å². The molecule has 1 amide bonds. The van der Waals surface area contributed by atoms with Crippen LogP contribution < -0.4 is 20.9 Å². The molecule has 0 bridgehead atoms. The Morgan fingerprint density at radius 3 is 2.08 bits per heavy atom. The van der Waals surface area contributed by atoms with Gasteiger partial charge >= 0.3 is 5.97 Å². The zero-order valence-electron chi connectivity index (χ0n) is 21.6. The summed E-state index contributed by atoms with van der Waals surface area (Å²) < 4.78 is 16.5. The van der Waals surface area contributed by atoms with Gasteiger partial charge in [0.25, 0.3) is 5.91 Å². The normalized spacial score (nSPS) is 11.6. The second-order valence-corrected chi connectivity index (χ2v) is 9.20. The van der Waals surface area contributed by atoms with Gasteiger partial charge in [-0.2, -0.15) is 0 Å². The number of nitrogens with two attached hydrogens (primary N) is 2. The van der Waals surface area contributed by atoms with Crippen molar-refractivity contribution in [2.45, 2.75) is 25.9 Å². The molecule has 0 spiro atoms. The largest absolute Gasteiger partial charge is 0.486 e. The topological polar surface area (TPSA) is 139 Å². The molecular formula is C30H29N3O6. The highest BCUT2D eigenvalue weighted by atomic mass is 16.7. The van der Waals surface area contributed by atoms with Gasteiger partial charge in [-0.1, -0.05) is 61.5 Å². The summed E-state index contributed by atoms with van der Waals surface area (Å²) in [5.41, 5.74) is 13.7. The molecule has 4 aromatic rings. The van der Waals surface area contributed by atoms with Crippen molar-refractivity contribution in [3.63, 3.8) is 0 Å². The first-order chi connectivity index (χ1) is 18.7. The monoisotopic (exact) mass is 527 g/mol. The van der Waals surface area contributed by atoms with Crippen LogP contribution in [-0.2, 0) is 21.7 Å². The van der Waals surface area contributed by atoms with E-state index < -0.39 is 11.9 Å². The van der Waals surface area contributed by atoms with Gasteiger partial charge in [-0.3, -0.25) is 4.79 Å². The summed E-state index contributed by atoms with van der Waals surface area (Å²) in [6.07, 6.45) is 0. The lowest BCUT2D eigenvalue weighted by molar-refractivity contribution is -0.119. The number of hydrogen-bond donors (Lipinski definition) is 2. The van der Waals surface area contributed by atoms with Gasteiger partial charge in [-0.25, -0.2) is 4.79 Å². The molecule has 0 radical (unpaired) electrons. The second kappa shape index (κ2) is 12.0. The minimum absolute atomic E-state index is 0.0289. The van der Waals surface area contributed by atoms with Gasteiger partial charge in [0.2, 0.25) is 5.76 Å². The van der Waals surface area contributed by atoms with Gasteiger partial charge in [0.15, 0.2) is 12.4 Å². The van der Waals surface area contributed by atoms with Crippen molar-refractivity contribution < 1.29 is 28.3 Å². The molecular weight excluding hydrogens is 498 g/mol. The van der Waals surface area contributed by atoms with E-state index in [1.54, 1.807) is 30.3 Å². The van der Waals surface area contributed by atoms with Crippen LogP contribution >= 0.6 is 0 Å². The number of hydrogen-bond acceptors (Lipinski definition) is 7. The predicted molar refractivity (Wildman–Crippen MR) is 145 cm³/mol. The molecule has 4 rings (SSSR count). The molecule has 0 aliphatic rings. The van der Waals surface area contributed by atoms with Gasteiger partial charge < -0.3 is 30.2 Å². The summed E-state index contributed by atoms with van der Waals surface area (Å²) >= 11 is 0. The van der Waals surface area contributed by atoms with Crippen LogP contribution in [0, 0.1) is 0 Å². The molecule has 9 heteroatoms. The van der Waals surface area contributed by atoms with E-state index in [9.17, 15) is 9.59 Å². The van der Waals surface area contributed by atoms with E-state index >= 15 is 0 Å². The first kappa shape index (κ1) is 27.0. The lowest BCUT2D eigenvalue weighted by Gasteiger charge is -2.26. The molecule has 0 saturated heterocycles. The van der Waals surface area contributed by atoms with Gasteiger partial charge in [0, 0.05) is 11.0 Å². The highest BCUT2D eigenvalue weighted by Crippen LogP contribution is 2.32. The molecule has 9 nitrogen and oxygen atoms in total. The molecule has 1 aromatic heterocycles. The van der Waals surface area contributed by atoms with E-state index in [-0.39, 0.29) is 30.2 Å². The molecule has 4 N–H and O–H groups in total. The lowest BCUT2D eigenvalue weighted by atomic mass is 9.78. The summed E-state index contributed by atoms with van der Waals surface area (Å²) in [7, 11) is 0. The van der Waals surface area contributed by atoms with E-state index in [1.165, 1.54) is 11.6 Å². The average Bonchev–Trinajstić information content (AvgIpc) is 3.44. The standard InChI is InChI=1S/C30H29N3O6/c1-30(2,21-6-4-3-5-7-21)22-10-14-24(15-11-22)36-18-25-16-17-26(38-25)29(35)39-33-28(32)20-8-12-23(13-9-20)37-19-27(31)34/h3-17H,18-19H2,1-2H3,(H2,31,34)(H2,32,33). The van der Waals surface area contributed by atoms with E-state index in [4.69, 9.17) is 30.2 Å². The summed E-state index contributed by atoms with van der Waals surface area (Å²) in [6.45, 7) is 4.25. The van der Waals surface area contributed by atoms with E-state index in [1.807, 2.05) is 42.5 Å². The third kappa shape index (κ3) is 7.04. The van der Waals surface area contributed by atoms with Crippen LogP contribution in [0.4, 0.5) is 0 Å². The first-order valence-electron chi connectivity index (χ1n) is 12.2. The third-order valence-electron chi connectivity index (χ3n) is 6.07. The number of amidine groups is 1. The maximum absolute atomic E-state index is 12.3. The Bertz CT molecular complexity index is 1440. The molecule has 0 aliphatic heterocycles. The summed E-state index contributed by atoms with van der Waals surface area (Å²) in [6, 6.07) is 27.7. The maximum atomic E-state index is 12.3. The molecule has 0 saturated carbocycles. The Balaban J connectivity index is 1.29. The van der Waals surface area contributed by atoms with Crippen molar-refractivity contribution in [2.75, 3.05) is 6.61 Å². The highest BCUT2D eigenvalue weighted by molar-refractivity contribution is 5.98. The number of carbonyl (C=O) groups is 2. The Morgan fingerprint density at radius 2 is 1.41 bits per heavy atom. The van der Waals surface area contributed by atoms with Crippen molar-refractivity contribution in [1.82, 2.24) is 0 Å². The lowest BCUT2D eigenvalue weighted by Crippen LogP contribution is -2.20. The fourth-order valence-electron chi connectivity index (χ4n) is 3.77. The Kier molecular flexibility index (Phi) is 8.30. The Labute approximate surface area is 226 Å². The number of oxime groups is 1. The van der Waals surface area contributed by atoms with Gasteiger partial charge in [-0.05, 0) is 59.7 Å². The third-order valence-corrected chi connectivity index (χ3v) is 6.07. The zero-order chi connectivity index (χ0) is 27.8. The van der Waals surface area contributed by atoms with Crippen LogP contribution in [0.25, 0.3) is 0 Å². The first-order valence-corrected chi connectivity index (χ1v) is 12.2. The quantitative estimate of drug-likeness (QED) is 0.126. The molecule has 0 unspecified atom stereocenters. The molecule has 39 heavy (non-hydrogen) atoms. The number of ether oxygens (including phenoxy) is 2. The summed E-state index contributed by atoms with van der Waals surface area (Å²) in [5, 5.41) is 3.67. The van der Waals surface area contributed by atoms with Crippen LogP contribution in [-0.4, -0.2) is 24.3 Å². The SMILES string of the molecule is CC(C)(c1ccccc1)c1ccc(OCc2ccc(C(=O)O/N=C(\N)c3ccc(OCC(N)=O)cc3)o2)cc1. The van der Waals surface area contributed by atoms with Crippen molar-refractivity contribution in [2.24, 2.45) is 16.6 Å². The van der Waals surface area contributed by atoms with Gasteiger partial charge in [0.05, 0.1) is 0 Å². The number of furan rings is 1. The molecule has 200 valence electrons. The molecule has 0 aliphatic carbocycles. The number of benzene rings is 3. The highest BCUT2D eigenvalue weighted by Gasteiger charge is 2.22. The zero-order valence-corrected chi connectivity index (χ0v) is 21.6. The van der Waals surface area contributed by atoms with Crippen molar-refractivity contribution in [3.05, 3.63) is 119 Å². The van der Waals surface area contributed by atoms with Crippen LogP contribution in [0.2, 0.25) is 0 Å². The molecule has 0 atom stereocenters. The van der Waals surface area contributed by atoms with Crippen LogP contribution in [0.5, 0.6) is 11.5 Å². The van der Waals surface area contributed by atoms with Crippen LogP contribution in [0.3, 0.4) is 0 Å². The minimum atomic E-state index is -0.807. The number of amides is 1. The second-order valence-electron chi connectivity index (χ2n) is 9.20. The van der Waals surface area contributed by atoms with Crippen molar-refractivity contribution in [3.8, 4) is 11.5 Å².